The molecule has 2 aliphatic rings. The van der Waals surface area contributed by atoms with Crippen LogP contribution in [-0.4, -0.2) is 53.8 Å². The van der Waals surface area contributed by atoms with Crippen LogP contribution in [0.25, 0.3) is 0 Å². The second-order valence-corrected chi connectivity index (χ2v) is 9.32. The Morgan fingerprint density at radius 3 is 2.85 bits per heavy atom. The van der Waals surface area contributed by atoms with Crippen molar-refractivity contribution in [3.63, 3.8) is 0 Å². The molecule has 1 amide bonds. The van der Waals surface area contributed by atoms with Crippen molar-refractivity contribution >= 4 is 34.8 Å². The number of rotatable bonds is 7. The number of aliphatic carboxylic acids is 1. The SMILES string of the molecule is C[C@@H](O)[C@H]1C(=O)N2C(C(=O)O)=C(SC[S+]([O-])Cc3cccnc3)[C@H](C)[C@H]12. The third-order valence-corrected chi connectivity index (χ3v) is 7.76. The van der Waals surface area contributed by atoms with Crippen LogP contribution in [0.2, 0.25) is 0 Å². The summed E-state index contributed by atoms with van der Waals surface area (Å²) in [6.07, 6.45) is 2.47. The number of carbonyl (C=O) groups is 2. The highest BCUT2D eigenvalue weighted by Gasteiger charge is 2.60. The Morgan fingerprint density at radius 2 is 2.27 bits per heavy atom. The summed E-state index contributed by atoms with van der Waals surface area (Å²) in [5.74, 6) is -1.98. The number of amides is 1. The number of aliphatic hydroxyl groups is 1. The van der Waals surface area contributed by atoms with Gasteiger partial charge in [-0.3, -0.25) is 9.78 Å². The van der Waals surface area contributed by atoms with Crippen molar-refractivity contribution in [3.05, 3.63) is 40.7 Å². The summed E-state index contributed by atoms with van der Waals surface area (Å²) in [4.78, 5) is 29.8. The van der Waals surface area contributed by atoms with E-state index in [0.29, 0.717) is 10.7 Å². The number of β-lactam (4-membered cyclic amide) rings is 1. The second kappa shape index (κ2) is 7.59. The Labute approximate surface area is 158 Å². The number of thioether (sulfide) groups is 1. The highest BCUT2D eigenvalue weighted by atomic mass is 32.3. The van der Waals surface area contributed by atoms with Crippen molar-refractivity contribution in [3.8, 4) is 0 Å². The standard InChI is InChI=1S/C17H20N2O5S2/c1-9-13-12(10(2)20)16(21)19(13)14(17(22)23)15(9)25-8-26(24)7-11-4-3-5-18-6-11/h3-6,9-10,12-13,20H,7-8H2,1-2H3,(H,22,23)/t9-,10-,12-,13-,26?/m1/s1. The molecule has 3 rings (SSSR count). The number of nitrogens with zero attached hydrogens (tertiary/aromatic N) is 2. The van der Waals surface area contributed by atoms with Crippen LogP contribution in [0.1, 0.15) is 19.4 Å². The van der Waals surface area contributed by atoms with E-state index in [9.17, 15) is 24.4 Å². The van der Waals surface area contributed by atoms with Crippen LogP contribution in [0.5, 0.6) is 0 Å². The number of aliphatic hydroxyl groups excluding tert-OH is 1. The summed E-state index contributed by atoms with van der Waals surface area (Å²) in [6, 6.07) is 3.27. The fourth-order valence-electron chi connectivity index (χ4n) is 3.56. The number of carboxylic acid groups (broad SMARTS) is 1. The lowest BCUT2D eigenvalue weighted by atomic mass is 9.79. The third kappa shape index (κ3) is 3.36. The molecule has 0 bridgehead atoms. The molecule has 1 saturated heterocycles. The van der Waals surface area contributed by atoms with Crippen LogP contribution in [0.15, 0.2) is 35.1 Å². The van der Waals surface area contributed by atoms with Crippen LogP contribution in [0, 0.1) is 11.8 Å². The predicted octanol–water partition coefficient (Wildman–Crippen LogP) is 1.17. The smallest absolute Gasteiger partial charge is 0.353 e. The van der Waals surface area contributed by atoms with Gasteiger partial charge < -0.3 is 19.7 Å². The number of hydrogen-bond donors (Lipinski definition) is 2. The fourth-order valence-corrected chi connectivity index (χ4v) is 6.19. The average Bonchev–Trinajstić information content (AvgIpc) is 2.82. The summed E-state index contributed by atoms with van der Waals surface area (Å²) in [5.41, 5.74) is 0.819. The predicted molar refractivity (Wildman–Crippen MR) is 98.2 cm³/mol. The largest absolute Gasteiger partial charge is 0.615 e. The first-order valence-electron chi connectivity index (χ1n) is 8.18. The lowest BCUT2D eigenvalue weighted by molar-refractivity contribution is -0.163. The summed E-state index contributed by atoms with van der Waals surface area (Å²) < 4.78 is 12.3. The van der Waals surface area contributed by atoms with E-state index >= 15 is 0 Å². The normalized spacial score (nSPS) is 27.2. The van der Waals surface area contributed by atoms with Gasteiger partial charge in [-0.2, -0.15) is 0 Å². The molecular formula is C17H20N2O5S2. The van der Waals surface area contributed by atoms with Crippen LogP contribution >= 0.6 is 11.8 Å². The first kappa shape index (κ1) is 19.2. The van der Waals surface area contributed by atoms with E-state index < -0.39 is 29.2 Å². The minimum atomic E-state index is -1.20. The molecular weight excluding hydrogens is 376 g/mol. The first-order valence-corrected chi connectivity index (χ1v) is 10.7. The van der Waals surface area contributed by atoms with Crippen LogP contribution in [-0.2, 0) is 26.5 Å². The molecule has 0 radical (unpaired) electrons. The van der Waals surface area contributed by atoms with E-state index in [1.807, 2.05) is 13.0 Å². The van der Waals surface area contributed by atoms with Gasteiger partial charge in [-0.1, -0.05) is 24.8 Å². The van der Waals surface area contributed by atoms with Crippen molar-refractivity contribution in [1.29, 1.82) is 0 Å². The van der Waals surface area contributed by atoms with Gasteiger partial charge in [0.05, 0.1) is 18.1 Å². The molecule has 0 spiro atoms. The molecule has 1 unspecified atom stereocenters. The molecule has 2 N–H and O–H groups in total. The van der Waals surface area contributed by atoms with Crippen molar-refractivity contribution in [2.45, 2.75) is 31.7 Å². The Hall–Kier alpha value is -1.55. The van der Waals surface area contributed by atoms with Crippen LogP contribution in [0.4, 0.5) is 0 Å². The minimum Gasteiger partial charge on any atom is -0.615 e. The molecule has 3 heterocycles. The number of fused-ring (bicyclic) bond motifs is 1. The van der Waals surface area contributed by atoms with Gasteiger partial charge in [0.2, 0.25) is 5.91 Å². The zero-order valence-corrected chi connectivity index (χ0v) is 16.0. The highest BCUT2D eigenvalue weighted by molar-refractivity contribution is 8.14. The third-order valence-electron chi connectivity index (χ3n) is 4.71. The van der Waals surface area contributed by atoms with E-state index in [0.717, 1.165) is 5.56 Å². The number of aromatic nitrogens is 1. The van der Waals surface area contributed by atoms with Crippen LogP contribution < -0.4 is 0 Å². The Morgan fingerprint density at radius 1 is 1.54 bits per heavy atom. The van der Waals surface area contributed by atoms with E-state index in [2.05, 4.69) is 4.98 Å². The Balaban J connectivity index is 1.72. The first-order chi connectivity index (χ1) is 12.3. The topological polar surface area (TPSA) is 114 Å². The van der Waals surface area contributed by atoms with Gasteiger partial charge in [-0.15, -0.1) is 0 Å². The molecule has 5 atom stereocenters. The van der Waals surface area contributed by atoms with Crippen molar-refractivity contribution in [2.75, 3.05) is 5.08 Å². The summed E-state index contributed by atoms with van der Waals surface area (Å²) in [7, 11) is 0. The maximum absolute atomic E-state index is 12.3. The lowest BCUT2D eigenvalue weighted by Gasteiger charge is -2.46. The summed E-state index contributed by atoms with van der Waals surface area (Å²) in [5, 5.41) is 19.6. The van der Waals surface area contributed by atoms with E-state index in [1.54, 1.807) is 25.4 Å². The zero-order chi connectivity index (χ0) is 19.0. The van der Waals surface area contributed by atoms with E-state index in [1.165, 1.54) is 16.7 Å². The van der Waals surface area contributed by atoms with Gasteiger partial charge in [0, 0.05) is 28.8 Å². The molecule has 1 aromatic heterocycles. The molecule has 0 saturated carbocycles. The number of carbonyl (C=O) groups excluding carboxylic acids is 1. The van der Waals surface area contributed by atoms with Gasteiger partial charge in [-0.05, 0) is 24.2 Å². The summed E-state index contributed by atoms with van der Waals surface area (Å²) >= 11 is 0.0265. The monoisotopic (exact) mass is 396 g/mol. The minimum absolute atomic E-state index is 0.0345. The molecule has 7 nitrogen and oxygen atoms in total. The molecule has 0 aliphatic carbocycles. The van der Waals surface area contributed by atoms with Gasteiger partial charge in [0.25, 0.3) is 0 Å². The molecule has 9 heteroatoms. The zero-order valence-electron chi connectivity index (χ0n) is 14.4. The molecule has 2 aliphatic heterocycles. The van der Waals surface area contributed by atoms with Crippen molar-refractivity contribution in [2.24, 2.45) is 11.8 Å². The lowest BCUT2D eigenvalue weighted by Crippen LogP contribution is -2.63. The quantitative estimate of drug-likeness (QED) is 0.525. The number of pyridine rings is 1. The molecule has 0 aromatic carbocycles. The summed E-state index contributed by atoms with van der Waals surface area (Å²) in [6.45, 7) is 3.39. The van der Waals surface area contributed by atoms with E-state index in [4.69, 9.17) is 0 Å². The molecule has 140 valence electrons. The maximum Gasteiger partial charge on any atom is 0.353 e. The molecule has 1 fully saturated rings. The fraction of sp³-hybridized carbons (Fsp3) is 0.471. The Kier molecular flexibility index (Phi) is 5.61. The van der Waals surface area contributed by atoms with Crippen LogP contribution in [0.3, 0.4) is 0 Å². The Bertz CT molecular complexity index is 740. The van der Waals surface area contributed by atoms with Gasteiger partial charge in [0.15, 0.2) is 5.08 Å². The number of carboxylic acids is 1. The van der Waals surface area contributed by atoms with Crippen molar-refractivity contribution < 1.29 is 24.4 Å². The molecule has 26 heavy (non-hydrogen) atoms. The molecule has 1 aromatic rings. The highest BCUT2D eigenvalue weighted by Crippen LogP contribution is 2.50. The second-order valence-electron chi connectivity index (χ2n) is 6.48. The van der Waals surface area contributed by atoms with E-state index in [-0.39, 0.29) is 28.6 Å². The van der Waals surface area contributed by atoms with Crippen molar-refractivity contribution in [1.82, 2.24) is 9.88 Å². The van der Waals surface area contributed by atoms with Gasteiger partial charge in [-0.25, -0.2) is 4.79 Å². The average molecular weight is 396 g/mol. The van der Waals surface area contributed by atoms with Gasteiger partial charge >= 0.3 is 5.97 Å². The van der Waals surface area contributed by atoms with Gasteiger partial charge in [0.1, 0.15) is 11.4 Å². The maximum atomic E-state index is 12.3. The number of hydrogen-bond acceptors (Lipinski definition) is 6.